The maximum Gasteiger partial charge on any atom is 0.417 e. The summed E-state index contributed by atoms with van der Waals surface area (Å²) in [5.41, 5.74) is 0.0427. The fraction of sp³-hybridized carbons (Fsp3) is 0.250. The molecule has 0 aromatic heterocycles. The van der Waals surface area contributed by atoms with Gasteiger partial charge in [0.1, 0.15) is 0 Å². The highest BCUT2D eigenvalue weighted by Gasteiger charge is 2.36. The molecule has 10 heteroatoms. The second kappa shape index (κ2) is 7.64. The average Bonchev–Trinajstić information content (AvgIpc) is 2.76. The van der Waals surface area contributed by atoms with E-state index >= 15 is 0 Å². The third kappa shape index (κ3) is 3.93. The molecular weight excluding hydrogens is 412 g/mol. The van der Waals surface area contributed by atoms with Crippen molar-refractivity contribution in [2.75, 3.05) is 17.4 Å². The molecule has 1 aliphatic rings. The summed E-state index contributed by atoms with van der Waals surface area (Å²) in [6.45, 7) is 0.980. The van der Waals surface area contributed by atoms with E-state index < -0.39 is 31.7 Å². The number of hydrogen-bond donors (Lipinski definition) is 1. The molecule has 1 N–H and O–H groups in total. The zero-order chi connectivity index (χ0) is 18.2. The van der Waals surface area contributed by atoms with Gasteiger partial charge < -0.3 is 5.32 Å². The van der Waals surface area contributed by atoms with Crippen LogP contribution < -0.4 is 9.62 Å². The first-order valence-corrected chi connectivity index (χ1v) is 9.21. The Bertz CT molecular complexity index is 905. The number of anilines is 1. The van der Waals surface area contributed by atoms with Gasteiger partial charge in [0.05, 0.1) is 21.2 Å². The van der Waals surface area contributed by atoms with E-state index in [0.29, 0.717) is 24.8 Å². The van der Waals surface area contributed by atoms with Crippen molar-refractivity contribution in [1.29, 1.82) is 0 Å². The molecule has 1 aliphatic heterocycles. The maximum absolute atomic E-state index is 13.1. The Kier molecular flexibility index (Phi) is 6.12. The Morgan fingerprint density at radius 3 is 2.50 bits per heavy atom. The first-order chi connectivity index (χ1) is 11.7. The highest BCUT2D eigenvalue weighted by Crippen LogP contribution is 2.37. The number of nitrogens with one attached hydrogen (secondary N) is 1. The van der Waals surface area contributed by atoms with Crippen molar-refractivity contribution in [2.24, 2.45) is 0 Å². The van der Waals surface area contributed by atoms with Crippen LogP contribution in [0.2, 0.25) is 5.02 Å². The molecule has 1 heterocycles. The van der Waals surface area contributed by atoms with Gasteiger partial charge in [-0.3, -0.25) is 4.31 Å². The molecular formula is C16H15Cl2F3N2O2S. The Hall–Kier alpha value is -1.48. The lowest BCUT2D eigenvalue weighted by Gasteiger charge is -2.24. The molecule has 3 rings (SSSR count). The van der Waals surface area contributed by atoms with Crippen LogP contribution in [0.4, 0.5) is 18.9 Å². The summed E-state index contributed by atoms with van der Waals surface area (Å²) >= 11 is 5.59. The lowest BCUT2D eigenvalue weighted by atomic mass is 10.2. The van der Waals surface area contributed by atoms with Crippen molar-refractivity contribution in [3.05, 3.63) is 58.6 Å². The van der Waals surface area contributed by atoms with E-state index in [1.165, 1.54) is 0 Å². The minimum atomic E-state index is -4.74. The van der Waals surface area contributed by atoms with Gasteiger partial charge in [0.25, 0.3) is 10.0 Å². The molecule has 0 saturated heterocycles. The van der Waals surface area contributed by atoms with Gasteiger partial charge in [-0.1, -0.05) is 29.8 Å². The Morgan fingerprint density at radius 2 is 1.81 bits per heavy atom. The highest BCUT2D eigenvalue weighted by molar-refractivity contribution is 7.92. The van der Waals surface area contributed by atoms with Gasteiger partial charge in [-0.05, 0) is 29.8 Å². The van der Waals surface area contributed by atoms with Gasteiger partial charge in [0, 0.05) is 19.6 Å². The molecule has 0 spiro atoms. The molecule has 2 aromatic carbocycles. The van der Waals surface area contributed by atoms with E-state index in [2.05, 4.69) is 5.32 Å². The number of alkyl halides is 3. The lowest BCUT2D eigenvalue weighted by Crippen LogP contribution is -2.34. The van der Waals surface area contributed by atoms with E-state index in [4.69, 9.17) is 11.6 Å². The van der Waals surface area contributed by atoms with Crippen LogP contribution in [-0.4, -0.2) is 21.5 Å². The Balaban J connectivity index is 0.00000243. The predicted molar refractivity (Wildman–Crippen MR) is 96.4 cm³/mol. The molecule has 0 atom stereocenters. The molecule has 0 amide bonds. The van der Waals surface area contributed by atoms with E-state index in [0.717, 1.165) is 22.0 Å². The molecule has 26 heavy (non-hydrogen) atoms. The number of benzene rings is 2. The van der Waals surface area contributed by atoms with Crippen LogP contribution in [0.5, 0.6) is 0 Å². The van der Waals surface area contributed by atoms with Gasteiger partial charge >= 0.3 is 6.18 Å². The van der Waals surface area contributed by atoms with Crippen molar-refractivity contribution < 1.29 is 21.6 Å². The molecule has 4 nitrogen and oxygen atoms in total. The number of rotatable bonds is 2. The Morgan fingerprint density at radius 1 is 1.12 bits per heavy atom. The van der Waals surface area contributed by atoms with Crippen molar-refractivity contribution in [3.8, 4) is 0 Å². The fourth-order valence-electron chi connectivity index (χ4n) is 2.69. The van der Waals surface area contributed by atoms with Crippen molar-refractivity contribution in [2.45, 2.75) is 17.6 Å². The van der Waals surface area contributed by atoms with Gasteiger partial charge in [-0.25, -0.2) is 8.42 Å². The van der Waals surface area contributed by atoms with E-state index in [-0.39, 0.29) is 19.0 Å². The number of sulfonamides is 1. The molecule has 142 valence electrons. The third-order valence-corrected chi connectivity index (χ3v) is 6.04. The SMILES string of the molecule is Cl.O=S(=O)(c1ccc(Cl)c(C(F)(F)F)c1)N1CCNCc2ccccc21. The van der Waals surface area contributed by atoms with E-state index in [1.807, 2.05) is 0 Å². The lowest BCUT2D eigenvalue weighted by molar-refractivity contribution is -0.137. The summed E-state index contributed by atoms with van der Waals surface area (Å²) in [5, 5.41) is 2.56. The van der Waals surface area contributed by atoms with E-state index in [1.54, 1.807) is 24.3 Å². The van der Waals surface area contributed by atoms with Crippen LogP contribution in [0.3, 0.4) is 0 Å². The zero-order valence-electron chi connectivity index (χ0n) is 13.3. The number of para-hydroxylation sites is 1. The molecule has 0 unspecified atom stereocenters. The summed E-state index contributed by atoms with van der Waals surface area (Å²) in [5.74, 6) is 0. The van der Waals surface area contributed by atoms with Crippen molar-refractivity contribution in [3.63, 3.8) is 0 Å². The number of nitrogens with zero attached hydrogens (tertiary/aromatic N) is 1. The second-order valence-corrected chi connectivity index (χ2v) is 7.79. The highest BCUT2D eigenvalue weighted by atomic mass is 35.5. The predicted octanol–water partition coefficient (Wildman–Crippen LogP) is 4.08. The standard InChI is InChI=1S/C16H14ClF3N2O2S.ClH/c17-14-6-5-12(9-13(14)16(18,19)20)25(23,24)22-8-7-21-10-11-3-1-2-4-15(11)22;/h1-6,9,21H,7-8,10H2;1H. The maximum atomic E-state index is 13.1. The zero-order valence-corrected chi connectivity index (χ0v) is 15.6. The molecule has 0 aliphatic carbocycles. The summed E-state index contributed by atoms with van der Waals surface area (Å²) in [4.78, 5) is -0.444. The minimum Gasteiger partial charge on any atom is -0.311 e. The normalized spacial score (nSPS) is 15.0. The van der Waals surface area contributed by atoms with Gasteiger partial charge in [0.2, 0.25) is 0 Å². The quantitative estimate of drug-likeness (QED) is 0.786. The molecule has 0 saturated carbocycles. The van der Waals surface area contributed by atoms with Crippen LogP contribution in [0, 0.1) is 0 Å². The summed E-state index contributed by atoms with van der Waals surface area (Å²) in [6.07, 6.45) is -4.74. The average molecular weight is 427 g/mol. The molecule has 0 bridgehead atoms. The van der Waals surface area contributed by atoms with Crippen LogP contribution in [0.1, 0.15) is 11.1 Å². The van der Waals surface area contributed by atoms with E-state index in [9.17, 15) is 21.6 Å². The minimum absolute atomic E-state index is 0. The smallest absolute Gasteiger partial charge is 0.311 e. The molecule has 0 radical (unpaired) electrons. The topological polar surface area (TPSA) is 49.4 Å². The van der Waals surface area contributed by atoms with Crippen molar-refractivity contribution in [1.82, 2.24) is 5.32 Å². The first kappa shape index (κ1) is 20.8. The van der Waals surface area contributed by atoms with Crippen LogP contribution in [0.15, 0.2) is 47.4 Å². The first-order valence-electron chi connectivity index (χ1n) is 7.39. The van der Waals surface area contributed by atoms with Crippen LogP contribution in [-0.2, 0) is 22.7 Å². The summed E-state index contributed by atoms with van der Waals surface area (Å²) < 4.78 is 66.3. The third-order valence-electron chi connectivity index (χ3n) is 3.90. The van der Waals surface area contributed by atoms with Gasteiger partial charge in [-0.2, -0.15) is 13.2 Å². The number of hydrogen-bond acceptors (Lipinski definition) is 3. The Labute approximate surface area is 160 Å². The van der Waals surface area contributed by atoms with Crippen LogP contribution in [0.25, 0.3) is 0 Å². The van der Waals surface area contributed by atoms with Gasteiger partial charge in [-0.15, -0.1) is 12.4 Å². The fourth-order valence-corrected chi connectivity index (χ4v) is 4.44. The second-order valence-electron chi connectivity index (χ2n) is 5.52. The van der Waals surface area contributed by atoms with Crippen LogP contribution >= 0.6 is 24.0 Å². The largest absolute Gasteiger partial charge is 0.417 e. The number of fused-ring (bicyclic) bond motifs is 1. The molecule has 0 fully saturated rings. The summed E-state index contributed by atoms with van der Waals surface area (Å²) in [7, 11) is -4.16. The monoisotopic (exact) mass is 426 g/mol. The van der Waals surface area contributed by atoms with Crippen molar-refractivity contribution >= 4 is 39.7 Å². The molecule has 2 aromatic rings. The van der Waals surface area contributed by atoms with Gasteiger partial charge in [0.15, 0.2) is 0 Å². The number of halogens is 5. The summed E-state index contributed by atoms with van der Waals surface area (Å²) in [6, 6.07) is 9.52.